The van der Waals surface area contributed by atoms with Crippen molar-refractivity contribution in [3.05, 3.63) is 62.8 Å². The Kier molecular flexibility index (Phi) is 5.31. The fourth-order valence-electron chi connectivity index (χ4n) is 1.83. The van der Waals surface area contributed by atoms with Crippen molar-refractivity contribution in [2.45, 2.75) is 0 Å². The molecule has 0 aliphatic heterocycles. The number of methoxy groups -OCH3 is 1. The first-order valence-electron chi connectivity index (χ1n) is 6.17. The zero-order chi connectivity index (χ0) is 16.1. The van der Waals surface area contributed by atoms with Crippen molar-refractivity contribution in [3.63, 3.8) is 0 Å². The van der Waals surface area contributed by atoms with Gasteiger partial charge in [0, 0.05) is 16.2 Å². The molecule has 0 radical (unpaired) electrons. The summed E-state index contributed by atoms with van der Waals surface area (Å²) in [5.74, 6) is -0.515. The Labute approximate surface area is 141 Å². The maximum atomic E-state index is 11.7. The van der Waals surface area contributed by atoms with Crippen LogP contribution in [-0.4, -0.2) is 18.1 Å². The highest BCUT2D eigenvalue weighted by molar-refractivity contribution is 9.10. The van der Waals surface area contributed by atoms with E-state index in [9.17, 15) is 10.1 Å². The summed E-state index contributed by atoms with van der Waals surface area (Å²) >= 11 is 9.48. The number of aromatic nitrogens is 1. The van der Waals surface area contributed by atoms with Gasteiger partial charge in [0.15, 0.2) is 0 Å². The third-order valence-electron chi connectivity index (χ3n) is 2.87. The molecule has 0 aliphatic rings. The van der Waals surface area contributed by atoms with Crippen LogP contribution in [0.2, 0.25) is 5.02 Å². The minimum Gasteiger partial charge on any atom is -0.465 e. The fourth-order valence-corrected chi connectivity index (χ4v) is 2.61. The Balaban J connectivity index is 2.55. The standard InChI is InChI=1S/C16H10BrClN2O2/c1-22-16(21)13-3-2-6-20-15(13)7-10(9-19)12-5-4-11(17)8-14(12)18/h2-8H,1H3/b10-7+. The molecular formula is C16H10BrClN2O2. The number of benzene rings is 1. The van der Waals surface area contributed by atoms with Crippen LogP contribution in [0, 0.1) is 11.3 Å². The molecule has 1 aromatic heterocycles. The zero-order valence-corrected chi connectivity index (χ0v) is 13.9. The highest BCUT2D eigenvalue weighted by atomic mass is 79.9. The van der Waals surface area contributed by atoms with E-state index in [1.807, 2.05) is 0 Å². The second kappa shape index (κ2) is 7.21. The number of hydrogen-bond donors (Lipinski definition) is 0. The lowest BCUT2D eigenvalue weighted by atomic mass is 10.0. The van der Waals surface area contributed by atoms with E-state index in [1.165, 1.54) is 19.4 Å². The summed E-state index contributed by atoms with van der Waals surface area (Å²) in [5, 5.41) is 9.82. The number of esters is 1. The highest BCUT2D eigenvalue weighted by Crippen LogP contribution is 2.28. The van der Waals surface area contributed by atoms with Crippen LogP contribution in [0.4, 0.5) is 0 Å². The van der Waals surface area contributed by atoms with E-state index in [-0.39, 0.29) is 5.56 Å². The van der Waals surface area contributed by atoms with Crippen LogP contribution in [0.5, 0.6) is 0 Å². The number of rotatable bonds is 3. The van der Waals surface area contributed by atoms with Crippen molar-refractivity contribution in [2.24, 2.45) is 0 Å². The van der Waals surface area contributed by atoms with Crippen LogP contribution >= 0.6 is 27.5 Å². The molecule has 1 heterocycles. The van der Waals surface area contributed by atoms with E-state index in [0.717, 1.165) is 4.47 Å². The van der Waals surface area contributed by atoms with Gasteiger partial charge < -0.3 is 4.74 Å². The lowest BCUT2D eigenvalue weighted by Crippen LogP contribution is -2.05. The molecule has 2 rings (SSSR count). The number of carbonyl (C=O) groups excluding carboxylic acids is 1. The van der Waals surface area contributed by atoms with E-state index in [0.29, 0.717) is 21.9 Å². The average Bonchev–Trinajstić information content (AvgIpc) is 2.53. The van der Waals surface area contributed by atoms with Gasteiger partial charge in [-0.15, -0.1) is 0 Å². The summed E-state index contributed by atoms with van der Waals surface area (Å²) in [5.41, 5.74) is 1.51. The van der Waals surface area contributed by atoms with Gasteiger partial charge >= 0.3 is 5.97 Å². The Morgan fingerprint density at radius 2 is 2.18 bits per heavy atom. The molecule has 0 saturated heterocycles. The van der Waals surface area contributed by atoms with Crippen molar-refractivity contribution in [3.8, 4) is 6.07 Å². The number of hydrogen-bond acceptors (Lipinski definition) is 4. The van der Waals surface area contributed by atoms with Gasteiger partial charge in [0.1, 0.15) is 0 Å². The number of allylic oxidation sites excluding steroid dienone is 1. The van der Waals surface area contributed by atoms with Crippen LogP contribution in [-0.2, 0) is 4.74 Å². The van der Waals surface area contributed by atoms with Gasteiger partial charge in [0.2, 0.25) is 0 Å². The van der Waals surface area contributed by atoms with Crippen LogP contribution in [0.25, 0.3) is 11.6 Å². The number of pyridine rings is 1. The van der Waals surface area contributed by atoms with Gasteiger partial charge in [0.25, 0.3) is 0 Å². The first kappa shape index (κ1) is 16.2. The Morgan fingerprint density at radius 3 is 2.82 bits per heavy atom. The van der Waals surface area contributed by atoms with Gasteiger partial charge in [-0.25, -0.2) is 4.79 Å². The molecule has 0 N–H and O–H groups in total. The molecule has 2 aromatic rings. The molecule has 0 amide bonds. The van der Waals surface area contributed by atoms with Crippen molar-refractivity contribution >= 4 is 45.1 Å². The van der Waals surface area contributed by atoms with Crippen LogP contribution in [0.3, 0.4) is 0 Å². The summed E-state index contributed by atoms with van der Waals surface area (Å²) in [6.07, 6.45) is 3.05. The van der Waals surface area contributed by atoms with E-state index < -0.39 is 5.97 Å². The molecule has 0 spiro atoms. The van der Waals surface area contributed by atoms with Crippen LogP contribution < -0.4 is 0 Å². The van der Waals surface area contributed by atoms with Crippen LogP contribution in [0.1, 0.15) is 21.6 Å². The molecular weight excluding hydrogens is 368 g/mol. The predicted octanol–water partition coefficient (Wildman–Crippen LogP) is 4.35. The second-order valence-corrected chi connectivity index (χ2v) is 5.54. The maximum Gasteiger partial charge on any atom is 0.340 e. The molecule has 0 aliphatic carbocycles. The first-order valence-corrected chi connectivity index (χ1v) is 7.34. The third kappa shape index (κ3) is 3.53. The smallest absolute Gasteiger partial charge is 0.340 e. The van der Waals surface area contributed by atoms with Gasteiger partial charge in [-0.3, -0.25) is 4.98 Å². The largest absolute Gasteiger partial charge is 0.465 e. The predicted molar refractivity (Wildman–Crippen MR) is 88.2 cm³/mol. The molecule has 0 fully saturated rings. The van der Waals surface area contributed by atoms with E-state index in [1.54, 1.807) is 30.3 Å². The van der Waals surface area contributed by atoms with E-state index in [2.05, 4.69) is 27.0 Å². The molecule has 1 aromatic carbocycles. The van der Waals surface area contributed by atoms with E-state index >= 15 is 0 Å². The van der Waals surface area contributed by atoms with E-state index in [4.69, 9.17) is 16.3 Å². The molecule has 0 bridgehead atoms. The summed E-state index contributed by atoms with van der Waals surface area (Å²) in [4.78, 5) is 15.9. The molecule has 110 valence electrons. The minimum absolute atomic E-state index is 0.283. The number of carbonyl (C=O) groups is 1. The monoisotopic (exact) mass is 376 g/mol. The quantitative estimate of drug-likeness (QED) is 0.589. The average molecular weight is 378 g/mol. The topological polar surface area (TPSA) is 63.0 Å². The van der Waals surface area contributed by atoms with Crippen LogP contribution in [0.15, 0.2) is 41.0 Å². The number of ether oxygens (including phenoxy) is 1. The van der Waals surface area contributed by atoms with Crippen molar-refractivity contribution in [2.75, 3.05) is 7.11 Å². The first-order chi connectivity index (χ1) is 10.6. The van der Waals surface area contributed by atoms with Gasteiger partial charge in [-0.2, -0.15) is 5.26 Å². The lowest BCUT2D eigenvalue weighted by Gasteiger charge is -2.06. The SMILES string of the molecule is COC(=O)c1cccnc1/C=C(\C#N)c1ccc(Br)cc1Cl. The second-order valence-electron chi connectivity index (χ2n) is 4.22. The van der Waals surface area contributed by atoms with Gasteiger partial charge in [0.05, 0.1) is 35.0 Å². The van der Waals surface area contributed by atoms with Gasteiger partial charge in [-0.05, 0) is 30.3 Å². The maximum absolute atomic E-state index is 11.7. The minimum atomic E-state index is -0.515. The van der Waals surface area contributed by atoms with Crippen molar-refractivity contribution in [1.82, 2.24) is 4.98 Å². The third-order valence-corrected chi connectivity index (χ3v) is 3.67. The zero-order valence-electron chi connectivity index (χ0n) is 11.5. The summed E-state index contributed by atoms with van der Waals surface area (Å²) in [7, 11) is 1.29. The van der Waals surface area contributed by atoms with Gasteiger partial charge in [-0.1, -0.05) is 33.6 Å². The number of nitriles is 1. The molecule has 4 nitrogen and oxygen atoms in total. The van der Waals surface area contributed by atoms with Crippen molar-refractivity contribution < 1.29 is 9.53 Å². The highest BCUT2D eigenvalue weighted by Gasteiger charge is 2.13. The Hall–Kier alpha value is -2.16. The molecule has 0 atom stereocenters. The number of nitrogens with zero attached hydrogens (tertiary/aromatic N) is 2. The number of halogens is 2. The molecule has 22 heavy (non-hydrogen) atoms. The summed E-state index contributed by atoms with van der Waals surface area (Å²) < 4.78 is 5.53. The summed E-state index contributed by atoms with van der Waals surface area (Å²) in [6, 6.07) is 10.5. The van der Waals surface area contributed by atoms with Crippen molar-refractivity contribution in [1.29, 1.82) is 5.26 Å². The Morgan fingerprint density at radius 1 is 1.41 bits per heavy atom. The normalized spacial score (nSPS) is 10.9. The summed E-state index contributed by atoms with van der Waals surface area (Å²) in [6.45, 7) is 0. The molecule has 6 heteroatoms. The lowest BCUT2D eigenvalue weighted by molar-refractivity contribution is 0.0600. The molecule has 0 unspecified atom stereocenters. The molecule has 0 saturated carbocycles. The Bertz CT molecular complexity index is 797. The fraction of sp³-hybridized carbons (Fsp3) is 0.0625.